The Morgan fingerprint density at radius 1 is 1.28 bits per heavy atom. The summed E-state index contributed by atoms with van der Waals surface area (Å²) in [5.74, 6) is 0.607. The third kappa shape index (κ3) is 4.15. The molecule has 3 nitrogen and oxygen atoms in total. The second-order valence-electron chi connectivity index (χ2n) is 4.90. The van der Waals surface area contributed by atoms with Gasteiger partial charge in [0.2, 0.25) is 0 Å². The highest BCUT2D eigenvalue weighted by Crippen LogP contribution is 2.11. The molecule has 0 saturated carbocycles. The lowest BCUT2D eigenvalue weighted by molar-refractivity contribution is 0.0732. The maximum atomic E-state index is 12.1. The SMILES string of the molecule is CCN(CCO)C(=O)c1ccc(CC(C)C)cc1. The van der Waals surface area contributed by atoms with E-state index in [0.717, 1.165) is 6.42 Å². The van der Waals surface area contributed by atoms with E-state index in [2.05, 4.69) is 13.8 Å². The van der Waals surface area contributed by atoms with E-state index in [4.69, 9.17) is 5.11 Å². The summed E-state index contributed by atoms with van der Waals surface area (Å²) >= 11 is 0. The van der Waals surface area contributed by atoms with Crippen molar-refractivity contribution in [1.82, 2.24) is 4.90 Å². The molecule has 0 fully saturated rings. The van der Waals surface area contributed by atoms with Gasteiger partial charge in [0.25, 0.3) is 5.91 Å². The summed E-state index contributed by atoms with van der Waals surface area (Å²) in [7, 11) is 0. The number of hydrogen-bond donors (Lipinski definition) is 1. The van der Waals surface area contributed by atoms with Crippen molar-refractivity contribution in [2.75, 3.05) is 19.7 Å². The van der Waals surface area contributed by atoms with Gasteiger partial charge in [0.1, 0.15) is 0 Å². The lowest BCUT2D eigenvalue weighted by Gasteiger charge is -2.19. The summed E-state index contributed by atoms with van der Waals surface area (Å²) in [5.41, 5.74) is 1.95. The number of hydrogen-bond acceptors (Lipinski definition) is 2. The summed E-state index contributed by atoms with van der Waals surface area (Å²) in [5, 5.41) is 8.91. The fourth-order valence-electron chi connectivity index (χ4n) is 1.96. The molecule has 0 heterocycles. The molecule has 18 heavy (non-hydrogen) atoms. The zero-order valence-electron chi connectivity index (χ0n) is 11.5. The van der Waals surface area contributed by atoms with Crippen LogP contribution in [-0.4, -0.2) is 35.6 Å². The largest absolute Gasteiger partial charge is 0.395 e. The highest BCUT2D eigenvalue weighted by atomic mass is 16.3. The van der Waals surface area contributed by atoms with Gasteiger partial charge in [-0.15, -0.1) is 0 Å². The molecule has 0 aromatic heterocycles. The molecular weight excluding hydrogens is 226 g/mol. The van der Waals surface area contributed by atoms with Crippen LogP contribution in [0.15, 0.2) is 24.3 Å². The van der Waals surface area contributed by atoms with Crippen LogP contribution in [-0.2, 0) is 6.42 Å². The third-order valence-corrected chi connectivity index (χ3v) is 2.88. The molecule has 0 saturated heterocycles. The second-order valence-corrected chi connectivity index (χ2v) is 4.90. The van der Waals surface area contributed by atoms with Crippen LogP contribution in [0.2, 0.25) is 0 Å². The minimum Gasteiger partial charge on any atom is -0.395 e. The minimum atomic E-state index is -0.0114. The van der Waals surface area contributed by atoms with Crippen molar-refractivity contribution >= 4 is 5.91 Å². The van der Waals surface area contributed by atoms with Gasteiger partial charge in [-0.1, -0.05) is 26.0 Å². The van der Waals surface area contributed by atoms with Crippen molar-refractivity contribution in [3.8, 4) is 0 Å². The molecule has 0 atom stereocenters. The summed E-state index contributed by atoms with van der Waals surface area (Å²) in [6, 6.07) is 7.78. The lowest BCUT2D eigenvalue weighted by atomic mass is 10.0. The Morgan fingerprint density at radius 3 is 2.33 bits per heavy atom. The molecule has 0 aliphatic heterocycles. The van der Waals surface area contributed by atoms with Crippen molar-refractivity contribution in [2.24, 2.45) is 5.92 Å². The Morgan fingerprint density at radius 2 is 1.89 bits per heavy atom. The summed E-state index contributed by atoms with van der Waals surface area (Å²) < 4.78 is 0. The van der Waals surface area contributed by atoms with Crippen LogP contribution in [0.25, 0.3) is 0 Å². The zero-order valence-corrected chi connectivity index (χ0v) is 11.5. The van der Waals surface area contributed by atoms with Gasteiger partial charge in [0.15, 0.2) is 0 Å². The van der Waals surface area contributed by atoms with Crippen molar-refractivity contribution in [3.05, 3.63) is 35.4 Å². The molecule has 1 rings (SSSR count). The van der Waals surface area contributed by atoms with Gasteiger partial charge in [0, 0.05) is 18.7 Å². The molecule has 0 radical (unpaired) electrons. The number of aliphatic hydroxyl groups is 1. The van der Waals surface area contributed by atoms with Gasteiger partial charge in [-0.3, -0.25) is 4.79 Å². The number of carbonyl (C=O) groups excluding carboxylic acids is 1. The molecule has 3 heteroatoms. The monoisotopic (exact) mass is 249 g/mol. The maximum Gasteiger partial charge on any atom is 0.253 e. The van der Waals surface area contributed by atoms with E-state index < -0.39 is 0 Å². The first-order chi connectivity index (χ1) is 8.58. The predicted octanol–water partition coefficient (Wildman–Crippen LogP) is 2.34. The van der Waals surface area contributed by atoms with Crippen LogP contribution in [0.3, 0.4) is 0 Å². The van der Waals surface area contributed by atoms with Crippen molar-refractivity contribution in [1.29, 1.82) is 0 Å². The molecule has 0 aliphatic carbocycles. The Kier molecular flexibility index (Phi) is 5.86. The van der Waals surface area contributed by atoms with Crippen LogP contribution in [0.1, 0.15) is 36.7 Å². The first kappa shape index (κ1) is 14.7. The highest BCUT2D eigenvalue weighted by molar-refractivity contribution is 5.94. The van der Waals surface area contributed by atoms with E-state index in [-0.39, 0.29) is 12.5 Å². The molecule has 1 amide bonds. The Balaban J connectivity index is 2.74. The average Bonchev–Trinajstić information content (AvgIpc) is 2.35. The summed E-state index contributed by atoms with van der Waals surface area (Å²) in [4.78, 5) is 13.8. The summed E-state index contributed by atoms with van der Waals surface area (Å²) in [6.07, 6.45) is 1.03. The number of rotatable bonds is 6. The van der Waals surface area contributed by atoms with Crippen molar-refractivity contribution in [3.63, 3.8) is 0 Å². The van der Waals surface area contributed by atoms with Gasteiger partial charge in [-0.25, -0.2) is 0 Å². The third-order valence-electron chi connectivity index (χ3n) is 2.88. The normalized spacial score (nSPS) is 10.7. The lowest BCUT2D eigenvalue weighted by Crippen LogP contribution is -2.33. The van der Waals surface area contributed by atoms with Gasteiger partial charge < -0.3 is 10.0 Å². The van der Waals surface area contributed by atoms with E-state index in [1.165, 1.54) is 5.56 Å². The van der Waals surface area contributed by atoms with E-state index in [1.807, 2.05) is 31.2 Å². The average molecular weight is 249 g/mol. The number of nitrogens with zero attached hydrogens (tertiary/aromatic N) is 1. The quantitative estimate of drug-likeness (QED) is 0.840. The number of amides is 1. The Labute approximate surface area is 109 Å². The van der Waals surface area contributed by atoms with Crippen LogP contribution >= 0.6 is 0 Å². The zero-order chi connectivity index (χ0) is 13.5. The fourth-order valence-corrected chi connectivity index (χ4v) is 1.96. The number of benzene rings is 1. The number of carbonyl (C=O) groups is 1. The van der Waals surface area contributed by atoms with Crippen molar-refractivity contribution < 1.29 is 9.90 Å². The van der Waals surface area contributed by atoms with E-state index in [9.17, 15) is 4.79 Å². The first-order valence-corrected chi connectivity index (χ1v) is 6.57. The molecule has 0 bridgehead atoms. The predicted molar refractivity (Wildman–Crippen MR) is 73.6 cm³/mol. The maximum absolute atomic E-state index is 12.1. The topological polar surface area (TPSA) is 40.5 Å². The molecule has 1 aromatic rings. The van der Waals surface area contributed by atoms with Gasteiger partial charge >= 0.3 is 0 Å². The smallest absolute Gasteiger partial charge is 0.253 e. The van der Waals surface area contributed by atoms with E-state index in [1.54, 1.807) is 4.90 Å². The van der Waals surface area contributed by atoms with Gasteiger partial charge in [-0.05, 0) is 37.0 Å². The van der Waals surface area contributed by atoms with Gasteiger partial charge in [0.05, 0.1) is 6.61 Å². The van der Waals surface area contributed by atoms with Crippen LogP contribution in [0, 0.1) is 5.92 Å². The Bertz CT molecular complexity index is 371. The minimum absolute atomic E-state index is 0.00497. The van der Waals surface area contributed by atoms with Crippen LogP contribution in [0.4, 0.5) is 0 Å². The molecule has 0 spiro atoms. The first-order valence-electron chi connectivity index (χ1n) is 6.57. The number of aliphatic hydroxyl groups excluding tert-OH is 1. The van der Waals surface area contributed by atoms with E-state index >= 15 is 0 Å². The van der Waals surface area contributed by atoms with Gasteiger partial charge in [-0.2, -0.15) is 0 Å². The second kappa shape index (κ2) is 7.17. The number of likely N-dealkylation sites (N-methyl/N-ethyl adjacent to an activating group) is 1. The molecule has 0 aliphatic rings. The van der Waals surface area contributed by atoms with Crippen LogP contribution < -0.4 is 0 Å². The van der Waals surface area contributed by atoms with E-state index in [0.29, 0.717) is 24.6 Å². The van der Waals surface area contributed by atoms with Crippen molar-refractivity contribution in [2.45, 2.75) is 27.2 Å². The molecule has 0 unspecified atom stereocenters. The van der Waals surface area contributed by atoms with Crippen LogP contribution in [0.5, 0.6) is 0 Å². The standard InChI is InChI=1S/C15H23NO2/c1-4-16(9-10-17)15(18)14-7-5-13(6-8-14)11-12(2)3/h5-8,12,17H,4,9-11H2,1-3H3. The summed E-state index contributed by atoms with van der Waals surface area (Å²) in [6.45, 7) is 7.29. The Hall–Kier alpha value is -1.35. The molecule has 1 aromatic carbocycles. The molecular formula is C15H23NO2. The molecule has 100 valence electrons. The fraction of sp³-hybridized carbons (Fsp3) is 0.533. The highest BCUT2D eigenvalue weighted by Gasteiger charge is 2.13. The molecule has 1 N–H and O–H groups in total.